The molecule has 15 aliphatic rings. The number of aromatic nitrogens is 5. The predicted molar refractivity (Wildman–Crippen MR) is 523 cm³/mol. The summed E-state index contributed by atoms with van der Waals surface area (Å²) in [6.45, 7) is -24.2. The van der Waals surface area contributed by atoms with E-state index in [1.165, 1.54) is 30.3 Å². The number of amides is 10. The second kappa shape index (κ2) is 33.9. The van der Waals surface area contributed by atoms with E-state index in [0.717, 1.165) is 35.4 Å². The molecule has 145 heavy (non-hydrogen) atoms. The minimum Gasteiger partial charge on any atom is -0.454 e. The maximum absolute atomic E-state index is 13.7. The van der Waals surface area contributed by atoms with Crippen LogP contribution in [0, 0.1) is 0 Å². The number of carbonyl (C=O) groups is 10. The van der Waals surface area contributed by atoms with E-state index in [2.05, 4.69) is 24.9 Å². The van der Waals surface area contributed by atoms with Crippen molar-refractivity contribution in [2.75, 3.05) is 101 Å². The Balaban J connectivity index is 0.000000111. The van der Waals surface area contributed by atoms with Gasteiger partial charge in [-0.25, -0.2) is 0 Å². The lowest BCUT2D eigenvalue weighted by Gasteiger charge is -2.46. The Bertz CT molecular complexity index is 10400. The van der Waals surface area contributed by atoms with Crippen molar-refractivity contribution in [1.82, 2.24) is 73.9 Å². The van der Waals surface area contributed by atoms with Crippen LogP contribution in [0.3, 0.4) is 0 Å². The Kier molecular flexibility index (Phi) is 12.6. The van der Waals surface area contributed by atoms with Crippen molar-refractivity contribution in [3.63, 3.8) is 0 Å². The van der Waals surface area contributed by atoms with Crippen molar-refractivity contribution < 1.29 is 153 Å². The second-order valence-electron chi connectivity index (χ2n) is 35.1. The molecule has 5 fully saturated rings. The molecule has 0 bridgehead atoms. The van der Waals surface area contributed by atoms with Gasteiger partial charge in [0.25, 0.3) is 0 Å². The highest BCUT2D eigenvalue weighted by molar-refractivity contribution is 6.03. The van der Waals surface area contributed by atoms with Crippen LogP contribution in [0.5, 0.6) is 57.5 Å². The monoisotopic (exact) mass is 1990 g/mol. The van der Waals surface area contributed by atoms with E-state index in [1.54, 1.807) is 48.5 Å². The molecule has 0 saturated carbocycles. The molecule has 15 aliphatic heterocycles. The van der Waals surface area contributed by atoms with Gasteiger partial charge in [0.2, 0.25) is 92.9 Å². The Morgan fingerprint density at radius 3 is 0.869 bits per heavy atom. The zero-order valence-corrected chi connectivity index (χ0v) is 74.5. The molecule has 0 spiro atoms. The molecule has 5 aromatic heterocycles. The summed E-state index contributed by atoms with van der Waals surface area (Å²) < 4.78 is 397. The number of piperazine rings is 5. The molecule has 15 aromatic rings. The first-order valence-corrected chi connectivity index (χ1v) is 44.8. The molecule has 35 nitrogen and oxygen atoms in total. The summed E-state index contributed by atoms with van der Waals surface area (Å²) >= 11 is 0. The number of carbonyl (C=O) groups excluding carboxylic acids is 10. The van der Waals surface area contributed by atoms with Crippen LogP contribution >= 0.6 is 0 Å². The van der Waals surface area contributed by atoms with E-state index in [1.807, 2.05) is 24.3 Å². The van der Waals surface area contributed by atoms with Crippen LogP contribution < -0.4 is 47.4 Å². The fourth-order valence-corrected chi connectivity index (χ4v) is 21.0. The second-order valence-corrected chi connectivity index (χ2v) is 35.1. The Morgan fingerprint density at radius 1 is 0.276 bits per heavy atom. The van der Waals surface area contributed by atoms with Crippen LogP contribution in [0.4, 0.5) is 0 Å². The molecule has 0 radical (unpaired) electrons. The Labute approximate surface area is 885 Å². The van der Waals surface area contributed by atoms with Gasteiger partial charge in [-0.15, -0.1) is 0 Å². The third-order valence-corrected chi connectivity index (χ3v) is 27.3. The summed E-state index contributed by atoms with van der Waals surface area (Å²) in [5.41, 5.74) is 5.14. The molecular formula is C110H95N15O20. The molecule has 730 valence electrons. The molecule has 5 unspecified atom stereocenters. The number of rotatable bonds is 5. The first-order valence-electron chi connectivity index (χ1n) is 65.8. The maximum atomic E-state index is 13.7. The van der Waals surface area contributed by atoms with Gasteiger partial charge in [-0.1, -0.05) is 121 Å². The summed E-state index contributed by atoms with van der Waals surface area (Å²) in [4.78, 5) is 158. The van der Waals surface area contributed by atoms with Crippen molar-refractivity contribution in [3.8, 4) is 57.5 Å². The average Bonchev–Trinajstić information content (AvgIpc) is 1.66. The van der Waals surface area contributed by atoms with Gasteiger partial charge in [0, 0.05) is 171 Å². The summed E-state index contributed by atoms with van der Waals surface area (Å²) in [6.07, 6.45) is -2.13. The van der Waals surface area contributed by atoms with Gasteiger partial charge in [0.1, 0.15) is 35.6 Å². The Hall–Kier alpha value is -17.4. The van der Waals surface area contributed by atoms with Crippen molar-refractivity contribution in [2.45, 2.75) is 92.4 Å². The lowest BCUT2D eigenvalue weighted by atomic mass is 9.86. The number of nitrogens with one attached hydrogen (secondary N) is 5. The van der Waals surface area contributed by atoms with Gasteiger partial charge < -0.3 is 121 Å². The van der Waals surface area contributed by atoms with Crippen LogP contribution in [0.25, 0.3) is 54.5 Å². The van der Waals surface area contributed by atoms with Crippen molar-refractivity contribution in [2.24, 2.45) is 0 Å². The van der Waals surface area contributed by atoms with Crippen LogP contribution in [-0.2, 0) is 80.0 Å². The minimum atomic E-state index is -3.07. The number of H-pyrrole nitrogens is 5. The average molecular weight is 1990 g/mol. The third kappa shape index (κ3) is 14.2. The number of nitrogens with zero attached hydrogens (tertiary/aromatic N) is 10. The summed E-state index contributed by atoms with van der Waals surface area (Å²) in [5, 5.41) is 1.47. The normalized spacial score (nSPS) is 30.6. The quantitative estimate of drug-likeness (QED) is 0.107. The molecule has 30 rings (SSSR count). The van der Waals surface area contributed by atoms with Gasteiger partial charge >= 0.3 is 0 Å². The number of fused-ring (bicyclic) bond motifs is 25. The number of ether oxygens (including phenoxy) is 10. The lowest BCUT2D eigenvalue weighted by Crippen LogP contribution is -2.62. The third-order valence-electron chi connectivity index (χ3n) is 27.3. The van der Waals surface area contributed by atoms with E-state index >= 15 is 0 Å². The van der Waals surface area contributed by atoms with Crippen LogP contribution in [0.1, 0.15) is 172 Å². The SMILES string of the molecule is [2H]C1([2H])Oc2ccc(C3c4[nH]c5ccccc5c4C[C@]4([2H])C(=O)N(C([2H])([2H])[2H])CC(=O)N34)cc2O1.[2H]c1c([2H])c(C2c3[nH]c4c([2H])c([2H])c([2H])c([2H])c4c3C[C@]3([2H])C(=O)N(C([2H])([2H])[2H])CC(=O)N23)c([2H])c2c1OCO2.[2H]c1c([2H])c(C2c3[nH]c4ccccc4c3C[C@]3([2H])C(=O)N(C([2H])([2H])[2H])CC(=O)N23)c([2H])c2c1OCO2.[2H]c1c([2H])c([2H])c2c3c([nH]c2c1[2H])C(c1ccc2c(c1)OC([2H])([2H])O2)N1C(=O)CN(C([2H])([2H])[2H])C(=O)[C@@]1([2H])C3.[2H]c1c([2H])c([2H])c2c3c([nH]c2c1[2H])C(c1ccc2c(c1)OCO2)N1C(=O)CN(C([2H])([2H])[2H])C(=O)[C@@]1([2H])C3. The number of hydrogen-bond acceptors (Lipinski definition) is 20. The van der Waals surface area contributed by atoms with Gasteiger partial charge in [-0.2, -0.15) is 0 Å². The van der Waals surface area contributed by atoms with Crippen molar-refractivity contribution in [1.29, 1.82) is 0 Å². The fourth-order valence-electron chi connectivity index (χ4n) is 21.0. The fraction of sp³-hybridized carbons (Fsp3) is 0.273. The first kappa shape index (κ1) is 54.0. The molecule has 0 aliphatic carbocycles. The molecule has 10 aromatic carbocycles. The zero-order chi connectivity index (χ0) is 135. The molecule has 10 amide bonds. The highest BCUT2D eigenvalue weighted by atomic mass is 16.7. The van der Waals surface area contributed by atoms with Gasteiger partial charge in [-0.05, 0) is 146 Å². The number of para-hydroxylation sites is 5. The number of likely N-dealkylation sites (N-methyl/N-ethyl adjacent to an activating group) is 5. The number of benzene rings is 10. The van der Waals surface area contributed by atoms with Gasteiger partial charge in [0.05, 0.1) is 94.5 Å². The first-order chi connectivity index (χ1) is 87.3. The number of aromatic amines is 5. The zero-order valence-electron chi connectivity index (χ0n) is 117. The molecule has 5 saturated heterocycles. The predicted octanol–water partition coefficient (Wildman–Crippen LogP) is 11.1. The Morgan fingerprint density at radius 2 is 0.538 bits per heavy atom. The summed E-state index contributed by atoms with van der Waals surface area (Å²) in [7, 11) is 0. The van der Waals surface area contributed by atoms with Crippen LogP contribution in [0.15, 0.2) is 212 Å². The summed E-state index contributed by atoms with van der Waals surface area (Å²) in [6, 6.07) is 1.61. The molecule has 20 heterocycles. The van der Waals surface area contributed by atoms with E-state index in [-0.39, 0.29) is 181 Å². The highest BCUT2D eigenvalue weighted by Gasteiger charge is 2.55. The molecule has 5 N–H and O–H groups in total. The topological polar surface area (TPSA) is 374 Å². The van der Waals surface area contributed by atoms with Crippen molar-refractivity contribution >= 4 is 114 Å². The van der Waals surface area contributed by atoms with Crippen LogP contribution in [0.2, 0.25) is 0 Å². The highest BCUT2D eigenvalue weighted by Crippen LogP contribution is 2.53. The van der Waals surface area contributed by atoms with Gasteiger partial charge in [-0.3, -0.25) is 47.9 Å². The smallest absolute Gasteiger partial charge is 0.245 e. The van der Waals surface area contributed by atoms with E-state index in [9.17, 15) is 54.8 Å². The van der Waals surface area contributed by atoms with E-state index < -0.39 is 304 Å². The maximum Gasteiger partial charge on any atom is 0.245 e. The number of hydrogen-bond donors (Lipinski definition) is 5. The summed E-state index contributed by atoms with van der Waals surface area (Å²) in [5.74, 6) is -8.97. The standard InChI is InChI=1S/5C22H19N3O4/c5*1-24-10-19(26)25-16(22(24)27)9-14-13-4-2-3-5-15(13)23-20(14)21(25)12-6-7-17-18(8-12)29-11-28-17/h5*2-8,16,21,23H,9-11H2,1H3/t5*16-,21?/m11111/s1/i1D3,2D,3D,4D,5D,6D,7D,8D,16D;1D3,2D,3D,4D,5D,11D2,16D;1D3,2D,3D,4D,5D,16D;1D3,6D,7D,8D,16D;1D3,11D2,16D. The van der Waals surface area contributed by atoms with E-state index in [0.29, 0.717) is 86.2 Å². The largest absolute Gasteiger partial charge is 0.454 e. The van der Waals surface area contributed by atoms with Gasteiger partial charge in [0.15, 0.2) is 57.5 Å². The van der Waals surface area contributed by atoms with Crippen LogP contribution in [-0.4, -0.2) is 265 Å². The minimum absolute atomic E-state index is 0.00380. The molecular weight excluding hydrogens is 1850 g/mol. The lowest BCUT2D eigenvalue weighted by molar-refractivity contribution is -0.157. The van der Waals surface area contributed by atoms with Crippen molar-refractivity contribution in [3.05, 3.63) is 296 Å². The molecule has 10 atom stereocenters. The van der Waals surface area contributed by atoms with E-state index in [4.69, 9.17) is 98.1 Å². The molecule has 35 heteroatoms.